The lowest BCUT2D eigenvalue weighted by molar-refractivity contribution is 0.293. The normalized spacial score (nSPS) is 13.5. The first-order valence-corrected chi connectivity index (χ1v) is 7.11. The summed E-state index contributed by atoms with van der Waals surface area (Å²) >= 11 is 0. The predicted molar refractivity (Wildman–Crippen MR) is 81.2 cm³/mol. The Balaban J connectivity index is 1.82. The third-order valence-electron chi connectivity index (χ3n) is 3.70. The van der Waals surface area contributed by atoms with E-state index in [4.69, 9.17) is 10.00 Å². The van der Waals surface area contributed by atoms with Crippen molar-refractivity contribution in [2.45, 2.75) is 25.4 Å². The number of nitrogens with zero attached hydrogens (tertiary/aromatic N) is 2. The lowest BCUT2D eigenvalue weighted by Gasteiger charge is -2.15. The largest absolute Gasteiger partial charge is 0.473 e. The van der Waals surface area contributed by atoms with Gasteiger partial charge in [0.2, 0.25) is 5.88 Å². The number of hydrogen-bond donors (Lipinski definition) is 1. The molecule has 106 valence electrons. The third kappa shape index (κ3) is 2.97. The van der Waals surface area contributed by atoms with Gasteiger partial charge in [-0.15, -0.1) is 0 Å². The van der Waals surface area contributed by atoms with Gasteiger partial charge >= 0.3 is 0 Å². The second-order valence-electron chi connectivity index (χ2n) is 5.16. The van der Waals surface area contributed by atoms with Crippen molar-refractivity contribution in [1.82, 2.24) is 4.98 Å². The summed E-state index contributed by atoms with van der Waals surface area (Å²) in [6, 6.07) is 13.6. The van der Waals surface area contributed by atoms with Gasteiger partial charge in [-0.2, -0.15) is 5.26 Å². The molecule has 0 saturated heterocycles. The van der Waals surface area contributed by atoms with Gasteiger partial charge in [-0.25, -0.2) is 4.98 Å². The maximum Gasteiger partial charge on any atom is 0.214 e. The van der Waals surface area contributed by atoms with Crippen molar-refractivity contribution in [2.24, 2.45) is 0 Å². The lowest BCUT2D eigenvalue weighted by atomic mass is 10.0. The van der Waals surface area contributed by atoms with Gasteiger partial charge < -0.3 is 10.1 Å². The minimum atomic E-state index is 0.372. The highest BCUT2D eigenvalue weighted by molar-refractivity contribution is 5.55. The van der Waals surface area contributed by atoms with Crippen LogP contribution in [0.15, 0.2) is 36.4 Å². The van der Waals surface area contributed by atoms with Crippen LogP contribution in [0.4, 0.5) is 5.69 Å². The van der Waals surface area contributed by atoms with Gasteiger partial charge in [-0.3, -0.25) is 0 Å². The molecular weight excluding hydrogens is 262 g/mol. The molecule has 0 amide bonds. The van der Waals surface area contributed by atoms with Crippen molar-refractivity contribution in [1.29, 1.82) is 5.26 Å². The summed E-state index contributed by atoms with van der Waals surface area (Å²) < 4.78 is 5.79. The first kappa shape index (κ1) is 13.4. The van der Waals surface area contributed by atoms with Crippen LogP contribution >= 0.6 is 0 Å². The molecule has 21 heavy (non-hydrogen) atoms. The molecule has 1 aromatic heterocycles. The molecule has 1 saturated carbocycles. The number of aromatic nitrogens is 1. The van der Waals surface area contributed by atoms with Crippen molar-refractivity contribution < 1.29 is 4.74 Å². The fourth-order valence-electron chi connectivity index (χ4n) is 2.48. The molecule has 4 nitrogen and oxygen atoms in total. The molecule has 0 aliphatic heterocycles. The first-order valence-electron chi connectivity index (χ1n) is 7.11. The van der Waals surface area contributed by atoms with Crippen LogP contribution in [0.25, 0.3) is 0 Å². The summed E-state index contributed by atoms with van der Waals surface area (Å²) in [5, 5.41) is 12.1. The SMILES string of the molecule is CNc1cccc(C2CC2)c1COc1cccc(C#N)n1. The Labute approximate surface area is 124 Å². The number of rotatable bonds is 5. The summed E-state index contributed by atoms with van der Waals surface area (Å²) in [5.74, 6) is 1.15. The molecular formula is C17H17N3O. The monoisotopic (exact) mass is 279 g/mol. The van der Waals surface area contributed by atoms with Gasteiger partial charge in [0.25, 0.3) is 0 Å². The van der Waals surface area contributed by atoms with E-state index in [1.54, 1.807) is 18.2 Å². The quantitative estimate of drug-likeness (QED) is 0.910. The Morgan fingerprint density at radius 2 is 2.10 bits per heavy atom. The van der Waals surface area contributed by atoms with Crippen LogP contribution < -0.4 is 10.1 Å². The van der Waals surface area contributed by atoms with E-state index in [2.05, 4.69) is 28.5 Å². The van der Waals surface area contributed by atoms with Gasteiger partial charge in [0.05, 0.1) is 0 Å². The molecule has 0 unspecified atom stereocenters. The van der Waals surface area contributed by atoms with Gasteiger partial charge in [0.15, 0.2) is 0 Å². The number of ether oxygens (including phenoxy) is 1. The van der Waals surface area contributed by atoms with Crippen molar-refractivity contribution >= 4 is 5.69 Å². The number of nitrogens with one attached hydrogen (secondary N) is 1. The number of benzene rings is 1. The number of nitriles is 1. The van der Waals surface area contributed by atoms with Crippen LogP contribution in [0.5, 0.6) is 5.88 Å². The zero-order valence-corrected chi connectivity index (χ0v) is 12.0. The topological polar surface area (TPSA) is 57.9 Å². The average molecular weight is 279 g/mol. The molecule has 3 rings (SSSR count). The number of anilines is 1. The molecule has 0 atom stereocenters. The minimum Gasteiger partial charge on any atom is -0.473 e. The second-order valence-corrected chi connectivity index (χ2v) is 5.16. The van der Waals surface area contributed by atoms with E-state index in [-0.39, 0.29) is 0 Å². The fraction of sp³-hybridized carbons (Fsp3) is 0.294. The van der Waals surface area contributed by atoms with Crippen LogP contribution in [0.1, 0.15) is 35.6 Å². The van der Waals surface area contributed by atoms with Crippen LogP contribution in [0.3, 0.4) is 0 Å². The Kier molecular flexibility index (Phi) is 3.74. The standard InChI is InChI=1S/C17H17N3O/c1-19-16-6-3-5-14(12-8-9-12)15(16)11-21-17-7-2-4-13(10-18)20-17/h2-7,12,19H,8-9,11H2,1H3. The van der Waals surface area contributed by atoms with Gasteiger partial charge in [0, 0.05) is 24.4 Å². The third-order valence-corrected chi connectivity index (χ3v) is 3.70. The summed E-state index contributed by atoms with van der Waals surface area (Å²) in [5.41, 5.74) is 4.01. The van der Waals surface area contributed by atoms with E-state index in [9.17, 15) is 0 Å². The Bertz CT molecular complexity index is 687. The first-order chi connectivity index (χ1) is 10.3. The van der Waals surface area contributed by atoms with Crippen molar-refractivity contribution in [3.8, 4) is 11.9 Å². The molecule has 0 bridgehead atoms. The van der Waals surface area contributed by atoms with Crippen molar-refractivity contribution in [2.75, 3.05) is 12.4 Å². The zero-order valence-electron chi connectivity index (χ0n) is 12.0. The summed E-state index contributed by atoms with van der Waals surface area (Å²) in [6.07, 6.45) is 2.50. The van der Waals surface area contributed by atoms with E-state index >= 15 is 0 Å². The fourth-order valence-corrected chi connectivity index (χ4v) is 2.48. The smallest absolute Gasteiger partial charge is 0.214 e. The molecule has 4 heteroatoms. The van der Waals surface area contributed by atoms with Crippen LogP contribution in [0, 0.1) is 11.3 Å². The van der Waals surface area contributed by atoms with E-state index in [1.807, 2.05) is 13.1 Å². The molecule has 1 heterocycles. The lowest BCUT2D eigenvalue weighted by Crippen LogP contribution is -2.05. The van der Waals surface area contributed by atoms with E-state index in [0.29, 0.717) is 24.1 Å². The molecule has 0 radical (unpaired) electrons. The van der Waals surface area contributed by atoms with Gasteiger partial charge in [0.1, 0.15) is 18.4 Å². The van der Waals surface area contributed by atoms with Crippen LogP contribution in [-0.2, 0) is 6.61 Å². The van der Waals surface area contributed by atoms with Crippen LogP contribution in [0.2, 0.25) is 0 Å². The summed E-state index contributed by atoms with van der Waals surface area (Å²) in [4.78, 5) is 4.15. The number of hydrogen-bond acceptors (Lipinski definition) is 4. The molecule has 1 aliphatic carbocycles. The van der Waals surface area contributed by atoms with E-state index in [1.165, 1.54) is 24.0 Å². The molecule has 1 fully saturated rings. The molecule has 1 aromatic carbocycles. The second kappa shape index (κ2) is 5.84. The minimum absolute atomic E-state index is 0.372. The summed E-state index contributed by atoms with van der Waals surface area (Å²) in [6.45, 7) is 0.463. The molecule has 1 N–H and O–H groups in total. The van der Waals surface area contributed by atoms with E-state index < -0.39 is 0 Å². The average Bonchev–Trinajstić information content (AvgIpc) is 3.37. The van der Waals surface area contributed by atoms with Crippen LogP contribution in [-0.4, -0.2) is 12.0 Å². The highest BCUT2D eigenvalue weighted by atomic mass is 16.5. The van der Waals surface area contributed by atoms with E-state index in [0.717, 1.165) is 5.69 Å². The predicted octanol–water partition coefficient (Wildman–Crippen LogP) is 3.45. The van der Waals surface area contributed by atoms with Gasteiger partial charge in [-0.1, -0.05) is 18.2 Å². The zero-order chi connectivity index (χ0) is 14.7. The maximum absolute atomic E-state index is 8.88. The number of pyridine rings is 1. The maximum atomic E-state index is 8.88. The Morgan fingerprint density at radius 3 is 2.81 bits per heavy atom. The van der Waals surface area contributed by atoms with Crippen molar-refractivity contribution in [3.63, 3.8) is 0 Å². The highest BCUT2D eigenvalue weighted by Crippen LogP contribution is 2.43. The Hall–Kier alpha value is -2.54. The van der Waals surface area contributed by atoms with Gasteiger partial charge in [-0.05, 0) is 36.5 Å². The summed E-state index contributed by atoms with van der Waals surface area (Å²) in [7, 11) is 1.92. The molecule has 0 spiro atoms. The Morgan fingerprint density at radius 1 is 1.29 bits per heavy atom. The molecule has 1 aliphatic rings. The van der Waals surface area contributed by atoms with Crippen molar-refractivity contribution in [3.05, 3.63) is 53.2 Å². The highest BCUT2D eigenvalue weighted by Gasteiger charge is 2.27. The molecule has 2 aromatic rings.